The van der Waals surface area contributed by atoms with Gasteiger partial charge in [0.05, 0.1) is 12.2 Å². The van der Waals surface area contributed by atoms with E-state index >= 15 is 0 Å². The third-order valence-corrected chi connectivity index (χ3v) is 4.81. The van der Waals surface area contributed by atoms with E-state index in [9.17, 15) is 42.4 Å². The van der Waals surface area contributed by atoms with Gasteiger partial charge in [-0.05, 0) is 23.8 Å². The van der Waals surface area contributed by atoms with E-state index in [4.69, 9.17) is 9.47 Å². The zero-order valence-corrected chi connectivity index (χ0v) is 16.2. The maximum Gasteiger partial charge on any atom is 0.416 e. The Morgan fingerprint density at radius 3 is 2.19 bits per heavy atom. The molecular formula is C21H19F5O6. The number of hydrogen-bond acceptors (Lipinski definition) is 6. The second-order valence-electron chi connectivity index (χ2n) is 7.07. The fourth-order valence-electron chi connectivity index (χ4n) is 3.08. The van der Waals surface area contributed by atoms with E-state index in [2.05, 4.69) is 0 Å². The molecule has 1 aliphatic heterocycles. The molecule has 1 heterocycles. The molecule has 32 heavy (non-hydrogen) atoms. The van der Waals surface area contributed by atoms with Crippen molar-refractivity contribution in [3.63, 3.8) is 0 Å². The summed E-state index contributed by atoms with van der Waals surface area (Å²) < 4.78 is 76.7. The first-order valence-electron chi connectivity index (χ1n) is 9.33. The van der Waals surface area contributed by atoms with Crippen molar-refractivity contribution in [2.24, 2.45) is 0 Å². The summed E-state index contributed by atoms with van der Waals surface area (Å²) in [5.74, 6) is -2.75. The SMILES string of the molecule is OC[C@H]1OC(Oc2c(F)cc(F)cc2/C=C/c2ccc(C(F)(F)F)cc2)[C@H](O)[C@@H](O)[C@@H]1O. The van der Waals surface area contributed by atoms with Crippen LogP contribution >= 0.6 is 0 Å². The average Bonchev–Trinajstić information content (AvgIpc) is 2.73. The third kappa shape index (κ3) is 5.25. The van der Waals surface area contributed by atoms with Crippen molar-refractivity contribution < 1.29 is 51.9 Å². The lowest BCUT2D eigenvalue weighted by Gasteiger charge is -2.39. The standard InChI is InChI=1S/C21H19F5O6/c22-13-7-11(4-1-10-2-5-12(6-3-10)21(24,25)26)19(14(23)8-13)32-20-18(30)17(29)16(28)15(9-27)31-20/h1-8,15-18,20,27-30H,9H2/b4-1+/t15-,16-,17+,18-,20?/m1/s1. The van der Waals surface area contributed by atoms with Crippen molar-refractivity contribution in [1.29, 1.82) is 0 Å². The number of halogens is 5. The third-order valence-electron chi connectivity index (χ3n) is 4.81. The van der Waals surface area contributed by atoms with Gasteiger partial charge < -0.3 is 29.9 Å². The molecule has 2 aromatic rings. The topological polar surface area (TPSA) is 99.4 Å². The quantitative estimate of drug-likeness (QED) is 0.402. The van der Waals surface area contributed by atoms with Crippen molar-refractivity contribution in [3.8, 4) is 5.75 Å². The molecule has 6 nitrogen and oxygen atoms in total. The summed E-state index contributed by atoms with van der Waals surface area (Å²) in [7, 11) is 0. The predicted octanol–water partition coefficient (Wildman–Crippen LogP) is 2.33. The predicted molar refractivity (Wildman–Crippen MR) is 101 cm³/mol. The molecule has 0 radical (unpaired) electrons. The van der Waals surface area contributed by atoms with Crippen LogP contribution in [0.1, 0.15) is 16.7 Å². The summed E-state index contributed by atoms with van der Waals surface area (Å²) >= 11 is 0. The lowest BCUT2D eigenvalue weighted by molar-refractivity contribution is -0.277. The molecule has 174 valence electrons. The molecular weight excluding hydrogens is 443 g/mol. The molecule has 1 fully saturated rings. The first-order chi connectivity index (χ1) is 15.0. The lowest BCUT2D eigenvalue weighted by Crippen LogP contribution is -2.60. The minimum absolute atomic E-state index is 0.181. The van der Waals surface area contributed by atoms with Gasteiger partial charge in [0.1, 0.15) is 30.2 Å². The van der Waals surface area contributed by atoms with Crippen LogP contribution < -0.4 is 4.74 Å². The first-order valence-corrected chi connectivity index (χ1v) is 9.33. The Hall–Kier alpha value is -2.57. The lowest BCUT2D eigenvalue weighted by atomic mass is 9.99. The second kappa shape index (κ2) is 9.51. The Labute approximate surface area is 178 Å². The van der Waals surface area contributed by atoms with Gasteiger partial charge in [0.15, 0.2) is 11.6 Å². The summed E-state index contributed by atoms with van der Waals surface area (Å²) in [4.78, 5) is 0. The van der Waals surface area contributed by atoms with Gasteiger partial charge in [0.25, 0.3) is 0 Å². The molecule has 3 rings (SSSR count). The summed E-state index contributed by atoms with van der Waals surface area (Å²) in [6.07, 6.45) is -10.4. The molecule has 5 atom stereocenters. The normalized spacial score (nSPS) is 26.5. The highest BCUT2D eigenvalue weighted by atomic mass is 19.4. The summed E-state index contributed by atoms with van der Waals surface area (Å²) in [6, 6.07) is 5.38. The van der Waals surface area contributed by atoms with Crippen molar-refractivity contribution in [2.45, 2.75) is 36.9 Å². The van der Waals surface area contributed by atoms with E-state index in [1.54, 1.807) is 0 Å². The Morgan fingerprint density at radius 2 is 1.59 bits per heavy atom. The molecule has 4 N–H and O–H groups in total. The van der Waals surface area contributed by atoms with Crippen LogP contribution in [-0.2, 0) is 10.9 Å². The molecule has 0 amide bonds. The largest absolute Gasteiger partial charge is 0.458 e. The molecule has 1 aliphatic rings. The number of rotatable bonds is 5. The smallest absolute Gasteiger partial charge is 0.416 e. The number of aliphatic hydroxyl groups is 4. The number of benzene rings is 2. The fraction of sp³-hybridized carbons (Fsp3) is 0.333. The van der Waals surface area contributed by atoms with Gasteiger partial charge in [0, 0.05) is 11.6 Å². The zero-order valence-electron chi connectivity index (χ0n) is 16.2. The van der Waals surface area contributed by atoms with E-state index in [0.717, 1.165) is 30.3 Å². The second-order valence-corrected chi connectivity index (χ2v) is 7.07. The molecule has 2 aromatic carbocycles. The molecule has 0 aromatic heterocycles. The van der Waals surface area contributed by atoms with Crippen molar-refractivity contribution in [3.05, 3.63) is 64.7 Å². The highest BCUT2D eigenvalue weighted by molar-refractivity contribution is 5.72. The number of hydrogen-bond donors (Lipinski definition) is 4. The van der Waals surface area contributed by atoms with Crippen LogP contribution in [0.5, 0.6) is 5.75 Å². The summed E-state index contributed by atoms with van der Waals surface area (Å²) in [6.45, 7) is -0.739. The zero-order chi connectivity index (χ0) is 23.6. The molecule has 1 unspecified atom stereocenters. The Kier molecular flexibility index (Phi) is 7.16. The van der Waals surface area contributed by atoms with Gasteiger partial charge in [-0.25, -0.2) is 8.78 Å². The van der Waals surface area contributed by atoms with Crippen molar-refractivity contribution in [2.75, 3.05) is 6.61 Å². The Bertz CT molecular complexity index is 960. The first kappa shape index (κ1) is 24.1. The van der Waals surface area contributed by atoms with Crippen LogP contribution in [-0.4, -0.2) is 57.7 Å². The highest BCUT2D eigenvalue weighted by Gasteiger charge is 2.45. The van der Waals surface area contributed by atoms with Gasteiger partial charge in [-0.15, -0.1) is 0 Å². The summed E-state index contributed by atoms with van der Waals surface area (Å²) in [5.41, 5.74) is -0.751. The molecule has 0 saturated carbocycles. The van der Waals surface area contributed by atoms with E-state index < -0.39 is 66.4 Å². The van der Waals surface area contributed by atoms with Gasteiger partial charge in [-0.1, -0.05) is 24.3 Å². The highest BCUT2D eigenvalue weighted by Crippen LogP contribution is 2.32. The molecule has 0 bridgehead atoms. The molecule has 0 spiro atoms. The van der Waals surface area contributed by atoms with Crippen LogP contribution in [0.15, 0.2) is 36.4 Å². The molecule has 1 saturated heterocycles. The van der Waals surface area contributed by atoms with Crippen LogP contribution in [0, 0.1) is 11.6 Å². The Balaban J connectivity index is 1.88. The minimum Gasteiger partial charge on any atom is -0.458 e. The van der Waals surface area contributed by atoms with Crippen LogP contribution in [0.25, 0.3) is 12.2 Å². The fourth-order valence-corrected chi connectivity index (χ4v) is 3.08. The number of alkyl halides is 3. The summed E-state index contributed by atoms with van der Waals surface area (Å²) in [5, 5.41) is 39.0. The van der Waals surface area contributed by atoms with Crippen LogP contribution in [0.4, 0.5) is 22.0 Å². The van der Waals surface area contributed by atoms with Gasteiger partial charge in [-0.3, -0.25) is 0 Å². The maximum absolute atomic E-state index is 14.4. The van der Waals surface area contributed by atoms with Gasteiger partial charge in [0.2, 0.25) is 6.29 Å². The van der Waals surface area contributed by atoms with E-state index in [1.165, 1.54) is 12.2 Å². The van der Waals surface area contributed by atoms with Gasteiger partial charge in [-0.2, -0.15) is 13.2 Å². The average molecular weight is 462 g/mol. The van der Waals surface area contributed by atoms with Crippen molar-refractivity contribution in [1.82, 2.24) is 0 Å². The van der Waals surface area contributed by atoms with Crippen LogP contribution in [0.2, 0.25) is 0 Å². The molecule has 0 aliphatic carbocycles. The Morgan fingerprint density at radius 1 is 0.938 bits per heavy atom. The maximum atomic E-state index is 14.4. The van der Waals surface area contributed by atoms with Crippen LogP contribution in [0.3, 0.4) is 0 Å². The van der Waals surface area contributed by atoms with Crippen molar-refractivity contribution >= 4 is 12.2 Å². The molecule has 11 heteroatoms. The number of ether oxygens (including phenoxy) is 2. The van der Waals surface area contributed by atoms with E-state index in [-0.39, 0.29) is 5.56 Å². The minimum atomic E-state index is -4.51. The van der Waals surface area contributed by atoms with E-state index in [0.29, 0.717) is 11.6 Å². The number of aliphatic hydroxyl groups excluding tert-OH is 4. The van der Waals surface area contributed by atoms with E-state index in [1.807, 2.05) is 0 Å². The monoisotopic (exact) mass is 462 g/mol. The van der Waals surface area contributed by atoms with Gasteiger partial charge >= 0.3 is 6.18 Å².